The first-order valence-electron chi connectivity index (χ1n) is 6.84. The summed E-state index contributed by atoms with van der Waals surface area (Å²) in [6, 6.07) is 7.05. The van der Waals surface area contributed by atoms with Gasteiger partial charge in [0.2, 0.25) is 0 Å². The minimum absolute atomic E-state index is 0.325. The zero-order valence-electron chi connectivity index (χ0n) is 11.5. The number of rotatable bonds is 2. The molecule has 1 aromatic rings. The van der Waals surface area contributed by atoms with Crippen molar-refractivity contribution >= 4 is 0 Å². The van der Waals surface area contributed by atoms with Crippen LogP contribution in [0.2, 0.25) is 0 Å². The second kappa shape index (κ2) is 5.30. The molecule has 0 spiro atoms. The molecule has 3 unspecified atom stereocenters. The van der Waals surface area contributed by atoms with Gasteiger partial charge in [0.15, 0.2) is 0 Å². The Kier molecular flexibility index (Phi) is 3.91. The summed E-state index contributed by atoms with van der Waals surface area (Å²) in [5.41, 5.74) is 0.303. The summed E-state index contributed by atoms with van der Waals surface area (Å²) >= 11 is 0. The van der Waals surface area contributed by atoms with Crippen molar-refractivity contribution in [1.82, 2.24) is 0 Å². The van der Waals surface area contributed by atoms with E-state index >= 15 is 0 Å². The van der Waals surface area contributed by atoms with Gasteiger partial charge < -0.3 is 5.11 Å². The Labute approximate surface area is 113 Å². The molecule has 2 rings (SSSR count). The van der Waals surface area contributed by atoms with Crippen molar-refractivity contribution in [2.45, 2.75) is 45.6 Å². The molecule has 0 radical (unpaired) electrons. The van der Waals surface area contributed by atoms with Crippen molar-refractivity contribution in [3.63, 3.8) is 0 Å². The van der Waals surface area contributed by atoms with E-state index in [0.29, 0.717) is 29.9 Å². The summed E-state index contributed by atoms with van der Waals surface area (Å²) in [5, 5.41) is 20.1. The smallest absolute Gasteiger partial charge is 0.126 e. The minimum atomic E-state index is -0.907. The third-order valence-electron chi connectivity index (χ3n) is 4.29. The monoisotopic (exact) mass is 261 g/mol. The molecule has 0 aromatic heterocycles. The number of halogens is 1. The van der Waals surface area contributed by atoms with Crippen LogP contribution in [0.4, 0.5) is 4.39 Å². The van der Waals surface area contributed by atoms with Crippen molar-refractivity contribution in [2.75, 3.05) is 0 Å². The Bertz CT molecular complexity index is 508. The van der Waals surface area contributed by atoms with Crippen LogP contribution in [0.3, 0.4) is 0 Å². The van der Waals surface area contributed by atoms with E-state index in [2.05, 4.69) is 13.0 Å². The molecule has 0 heterocycles. The third-order valence-corrected chi connectivity index (χ3v) is 4.29. The molecule has 102 valence electrons. The van der Waals surface area contributed by atoms with Crippen LogP contribution in [0.15, 0.2) is 18.2 Å². The van der Waals surface area contributed by atoms with Crippen LogP contribution < -0.4 is 0 Å². The summed E-state index contributed by atoms with van der Waals surface area (Å²) in [4.78, 5) is 0. The van der Waals surface area contributed by atoms with Crippen LogP contribution in [0.1, 0.15) is 49.8 Å². The zero-order valence-corrected chi connectivity index (χ0v) is 11.5. The van der Waals surface area contributed by atoms with Gasteiger partial charge in [-0.05, 0) is 42.9 Å². The Morgan fingerprint density at radius 2 is 2.26 bits per heavy atom. The molecule has 1 aliphatic rings. The Balaban J connectivity index is 2.32. The summed E-state index contributed by atoms with van der Waals surface area (Å²) in [6.07, 6.45) is 2.50. The van der Waals surface area contributed by atoms with Crippen LogP contribution in [-0.4, -0.2) is 5.11 Å². The molecule has 0 amide bonds. The lowest BCUT2D eigenvalue weighted by molar-refractivity contribution is 0.0217. The highest BCUT2D eigenvalue weighted by Gasteiger charge is 2.42. The van der Waals surface area contributed by atoms with E-state index in [1.54, 1.807) is 19.1 Å². The fraction of sp³-hybridized carbons (Fsp3) is 0.562. The second-order valence-corrected chi connectivity index (χ2v) is 5.88. The van der Waals surface area contributed by atoms with Crippen molar-refractivity contribution in [3.8, 4) is 6.07 Å². The number of aliphatic hydroxyl groups excluding tert-OH is 1. The highest BCUT2D eigenvalue weighted by molar-refractivity contribution is 5.28. The number of nitriles is 1. The molecule has 0 bridgehead atoms. The van der Waals surface area contributed by atoms with Crippen molar-refractivity contribution in [1.29, 1.82) is 5.26 Å². The van der Waals surface area contributed by atoms with Crippen LogP contribution in [-0.2, 0) is 0 Å². The van der Waals surface area contributed by atoms with E-state index in [9.17, 15) is 14.8 Å². The molecule has 1 N–H and O–H groups in total. The molecule has 0 saturated heterocycles. The van der Waals surface area contributed by atoms with Gasteiger partial charge in [0, 0.05) is 0 Å². The average molecular weight is 261 g/mol. The largest absolute Gasteiger partial charge is 0.387 e. The van der Waals surface area contributed by atoms with E-state index < -0.39 is 11.5 Å². The molecule has 0 aliphatic heterocycles. The van der Waals surface area contributed by atoms with Gasteiger partial charge in [-0.15, -0.1) is 0 Å². The SMILES string of the molecule is Cc1ccc(C(O)C2(C#N)CCCC(C)C2)cc1F. The van der Waals surface area contributed by atoms with Crippen LogP contribution in [0.5, 0.6) is 0 Å². The van der Waals surface area contributed by atoms with Gasteiger partial charge in [0.1, 0.15) is 5.82 Å². The van der Waals surface area contributed by atoms with Gasteiger partial charge in [0.05, 0.1) is 17.6 Å². The predicted molar refractivity (Wildman–Crippen MR) is 71.8 cm³/mol. The van der Waals surface area contributed by atoms with Gasteiger partial charge >= 0.3 is 0 Å². The normalized spacial score (nSPS) is 28.7. The lowest BCUT2D eigenvalue weighted by Gasteiger charge is -2.38. The first-order chi connectivity index (χ1) is 8.98. The zero-order chi connectivity index (χ0) is 14.0. The fourth-order valence-electron chi connectivity index (χ4n) is 3.10. The summed E-state index contributed by atoms with van der Waals surface area (Å²) < 4.78 is 13.6. The Morgan fingerprint density at radius 3 is 2.84 bits per heavy atom. The van der Waals surface area contributed by atoms with Crippen LogP contribution in [0, 0.1) is 35.4 Å². The first-order valence-corrected chi connectivity index (χ1v) is 6.84. The molecular formula is C16H20FNO. The fourth-order valence-corrected chi connectivity index (χ4v) is 3.10. The van der Waals surface area contributed by atoms with E-state index in [1.807, 2.05) is 0 Å². The van der Waals surface area contributed by atoms with Gasteiger partial charge in [0.25, 0.3) is 0 Å². The second-order valence-electron chi connectivity index (χ2n) is 5.88. The Morgan fingerprint density at radius 1 is 1.53 bits per heavy atom. The van der Waals surface area contributed by atoms with Gasteiger partial charge in [-0.3, -0.25) is 0 Å². The molecule has 19 heavy (non-hydrogen) atoms. The minimum Gasteiger partial charge on any atom is -0.387 e. The molecule has 1 fully saturated rings. The maximum Gasteiger partial charge on any atom is 0.126 e. The Hall–Kier alpha value is -1.40. The maximum atomic E-state index is 13.6. The molecule has 1 aliphatic carbocycles. The summed E-state index contributed by atoms with van der Waals surface area (Å²) in [5.74, 6) is 0.104. The van der Waals surface area contributed by atoms with Gasteiger partial charge in [-0.25, -0.2) is 4.39 Å². The van der Waals surface area contributed by atoms with Crippen LogP contribution >= 0.6 is 0 Å². The molecular weight excluding hydrogens is 241 g/mol. The lowest BCUT2D eigenvalue weighted by atomic mass is 9.66. The number of aliphatic hydroxyl groups is 1. The highest BCUT2D eigenvalue weighted by atomic mass is 19.1. The predicted octanol–water partition coefficient (Wildman–Crippen LogP) is 3.89. The molecule has 1 aromatic carbocycles. The van der Waals surface area contributed by atoms with E-state index in [4.69, 9.17) is 0 Å². The molecule has 1 saturated carbocycles. The molecule has 3 heteroatoms. The first kappa shape index (κ1) is 14.0. The lowest BCUT2D eigenvalue weighted by Crippen LogP contribution is -2.33. The summed E-state index contributed by atoms with van der Waals surface area (Å²) in [6.45, 7) is 3.79. The molecule has 2 nitrogen and oxygen atoms in total. The van der Waals surface area contributed by atoms with Gasteiger partial charge in [-0.1, -0.05) is 31.9 Å². The van der Waals surface area contributed by atoms with E-state index in [0.717, 1.165) is 12.8 Å². The van der Waals surface area contributed by atoms with Crippen LogP contribution in [0.25, 0.3) is 0 Å². The number of aryl methyl sites for hydroxylation is 1. The standard InChI is InChI=1S/C16H20FNO/c1-11-4-3-7-16(9-11,10-18)15(19)13-6-5-12(2)14(17)8-13/h5-6,8,11,15,19H,3-4,7,9H2,1-2H3. The number of benzene rings is 1. The topological polar surface area (TPSA) is 44.0 Å². The van der Waals surface area contributed by atoms with Crippen molar-refractivity contribution in [2.24, 2.45) is 11.3 Å². The van der Waals surface area contributed by atoms with Crippen molar-refractivity contribution in [3.05, 3.63) is 35.1 Å². The number of hydrogen-bond donors (Lipinski definition) is 1. The van der Waals surface area contributed by atoms with Crippen molar-refractivity contribution < 1.29 is 9.50 Å². The highest BCUT2D eigenvalue weighted by Crippen LogP contribution is 2.47. The van der Waals surface area contributed by atoms with Gasteiger partial charge in [-0.2, -0.15) is 5.26 Å². The van der Waals surface area contributed by atoms with E-state index in [-0.39, 0.29) is 5.82 Å². The quantitative estimate of drug-likeness (QED) is 0.877. The number of nitrogens with zero attached hydrogens (tertiary/aromatic N) is 1. The third kappa shape index (κ3) is 2.64. The van der Waals surface area contributed by atoms with E-state index in [1.165, 1.54) is 6.07 Å². The maximum absolute atomic E-state index is 13.6. The average Bonchev–Trinajstić information content (AvgIpc) is 2.41. The molecule has 3 atom stereocenters. The summed E-state index contributed by atoms with van der Waals surface area (Å²) in [7, 11) is 0. The number of hydrogen-bond acceptors (Lipinski definition) is 2.